The van der Waals surface area contributed by atoms with Crippen molar-refractivity contribution in [2.24, 2.45) is 0 Å². The second-order valence-corrected chi connectivity index (χ2v) is 6.51. The summed E-state index contributed by atoms with van der Waals surface area (Å²) in [6.45, 7) is 6.92. The first-order valence-corrected chi connectivity index (χ1v) is 7.55. The van der Waals surface area contributed by atoms with Crippen LogP contribution in [-0.4, -0.2) is 39.7 Å². The van der Waals surface area contributed by atoms with Gasteiger partial charge in [0.2, 0.25) is 0 Å². The summed E-state index contributed by atoms with van der Waals surface area (Å²) < 4.78 is 9.96. The van der Waals surface area contributed by atoms with Crippen LogP contribution in [0.5, 0.6) is 0 Å². The number of aliphatic carboxylic acids is 1. The maximum absolute atomic E-state index is 11.6. The van der Waals surface area contributed by atoms with Crippen LogP contribution in [0.3, 0.4) is 0 Å². The maximum atomic E-state index is 11.6. The summed E-state index contributed by atoms with van der Waals surface area (Å²) >= 11 is 1.34. The van der Waals surface area contributed by atoms with Gasteiger partial charge in [-0.05, 0) is 27.7 Å². The summed E-state index contributed by atoms with van der Waals surface area (Å²) in [4.78, 5) is 22.7. The minimum Gasteiger partial charge on any atom is -0.480 e. The van der Waals surface area contributed by atoms with Crippen LogP contribution in [0.1, 0.15) is 32.2 Å². The Bertz CT molecular complexity index is 495. The number of ether oxygens (including phenoxy) is 1. The SMILES string of the molecule is Cc1cc(CSCC(NC(=O)OC(C)(C)C)C(=O)O)no1. The zero-order valence-corrected chi connectivity index (χ0v) is 13.3. The molecule has 0 aliphatic heterocycles. The molecule has 0 bridgehead atoms. The predicted molar refractivity (Wildman–Crippen MR) is 78.2 cm³/mol. The minimum atomic E-state index is -1.11. The van der Waals surface area contributed by atoms with E-state index in [-0.39, 0.29) is 5.75 Å². The summed E-state index contributed by atoms with van der Waals surface area (Å²) in [5, 5.41) is 15.3. The van der Waals surface area contributed by atoms with Crippen molar-refractivity contribution in [2.45, 2.75) is 45.1 Å². The molecule has 0 radical (unpaired) electrons. The normalized spacial score (nSPS) is 12.8. The van der Waals surface area contributed by atoms with Crippen molar-refractivity contribution < 1.29 is 24.0 Å². The van der Waals surface area contributed by atoms with E-state index in [2.05, 4.69) is 10.5 Å². The molecule has 1 aromatic heterocycles. The van der Waals surface area contributed by atoms with E-state index in [9.17, 15) is 9.59 Å². The number of hydrogen-bond acceptors (Lipinski definition) is 6. The van der Waals surface area contributed by atoms with Crippen LogP contribution in [-0.2, 0) is 15.3 Å². The van der Waals surface area contributed by atoms with Gasteiger partial charge in [-0.1, -0.05) is 5.16 Å². The molecule has 0 saturated carbocycles. The fourth-order valence-corrected chi connectivity index (χ4v) is 2.32. The van der Waals surface area contributed by atoms with Crippen molar-refractivity contribution >= 4 is 23.8 Å². The van der Waals surface area contributed by atoms with Gasteiger partial charge in [0.15, 0.2) is 0 Å². The number of carboxylic acids is 1. The van der Waals surface area contributed by atoms with Crippen molar-refractivity contribution in [2.75, 3.05) is 5.75 Å². The summed E-state index contributed by atoms with van der Waals surface area (Å²) in [6.07, 6.45) is -0.743. The molecule has 1 unspecified atom stereocenters. The maximum Gasteiger partial charge on any atom is 0.408 e. The van der Waals surface area contributed by atoms with E-state index in [0.717, 1.165) is 5.69 Å². The van der Waals surface area contributed by atoms with Crippen LogP contribution in [0.25, 0.3) is 0 Å². The molecule has 1 heterocycles. The zero-order valence-electron chi connectivity index (χ0n) is 12.5. The Labute approximate surface area is 127 Å². The molecule has 7 nitrogen and oxygen atoms in total. The van der Waals surface area contributed by atoms with Gasteiger partial charge in [0.05, 0.1) is 5.69 Å². The molecule has 1 aromatic rings. The van der Waals surface area contributed by atoms with Crippen LogP contribution in [0.4, 0.5) is 4.79 Å². The summed E-state index contributed by atoms with van der Waals surface area (Å²) in [7, 11) is 0. The smallest absolute Gasteiger partial charge is 0.408 e. The number of carboxylic acid groups (broad SMARTS) is 1. The van der Waals surface area contributed by atoms with Gasteiger partial charge in [-0.25, -0.2) is 9.59 Å². The first-order valence-electron chi connectivity index (χ1n) is 6.39. The molecule has 2 N–H and O–H groups in total. The van der Waals surface area contributed by atoms with Gasteiger partial charge in [-0.15, -0.1) is 0 Å². The zero-order chi connectivity index (χ0) is 16.0. The molecule has 21 heavy (non-hydrogen) atoms. The van der Waals surface area contributed by atoms with Gasteiger partial charge in [0.25, 0.3) is 0 Å². The molecule has 118 valence electrons. The fraction of sp³-hybridized carbons (Fsp3) is 0.615. The first-order chi connectivity index (χ1) is 9.67. The summed E-state index contributed by atoms with van der Waals surface area (Å²) in [6, 6.07) is 0.766. The molecule has 1 rings (SSSR count). The number of rotatable bonds is 6. The number of carbonyl (C=O) groups is 2. The van der Waals surface area contributed by atoms with E-state index in [1.165, 1.54) is 11.8 Å². The Kier molecular flexibility index (Phi) is 6.07. The molecule has 0 aliphatic carbocycles. The number of thioether (sulfide) groups is 1. The number of alkyl carbamates (subject to hydrolysis) is 1. The van der Waals surface area contributed by atoms with Crippen molar-refractivity contribution in [1.82, 2.24) is 10.5 Å². The van der Waals surface area contributed by atoms with Gasteiger partial charge >= 0.3 is 12.1 Å². The molecule has 0 saturated heterocycles. The fourth-order valence-electron chi connectivity index (χ4n) is 1.39. The Morgan fingerprint density at radius 1 is 1.52 bits per heavy atom. The van der Waals surface area contributed by atoms with Crippen molar-refractivity contribution in [1.29, 1.82) is 0 Å². The third kappa shape index (κ3) is 7.03. The highest BCUT2D eigenvalue weighted by Gasteiger charge is 2.23. The van der Waals surface area contributed by atoms with Crippen LogP contribution in [0.2, 0.25) is 0 Å². The molecular weight excluding hydrogens is 296 g/mol. The van der Waals surface area contributed by atoms with Crippen LogP contribution < -0.4 is 5.32 Å². The van der Waals surface area contributed by atoms with E-state index in [1.807, 2.05) is 0 Å². The molecule has 0 aliphatic rings. The molecule has 0 aromatic carbocycles. The van der Waals surface area contributed by atoms with Crippen molar-refractivity contribution in [3.63, 3.8) is 0 Å². The number of aromatic nitrogens is 1. The standard InChI is InChI=1S/C13H20N2O5S/c1-8-5-9(15-20-8)6-21-7-10(11(16)17)14-12(18)19-13(2,3)4/h5,10H,6-7H2,1-4H3,(H,14,18)(H,16,17). The average molecular weight is 316 g/mol. The number of hydrogen-bond donors (Lipinski definition) is 2. The average Bonchev–Trinajstić information content (AvgIpc) is 2.71. The van der Waals surface area contributed by atoms with E-state index >= 15 is 0 Å². The second-order valence-electron chi connectivity index (χ2n) is 5.48. The quantitative estimate of drug-likeness (QED) is 0.829. The lowest BCUT2D eigenvalue weighted by atomic mass is 10.2. The largest absolute Gasteiger partial charge is 0.480 e. The summed E-state index contributed by atoms with van der Waals surface area (Å²) in [5.74, 6) is 0.314. The van der Waals surface area contributed by atoms with Crippen LogP contribution in [0.15, 0.2) is 10.6 Å². The second kappa shape index (κ2) is 7.35. The number of amides is 1. The topological polar surface area (TPSA) is 102 Å². The lowest BCUT2D eigenvalue weighted by molar-refractivity contribution is -0.138. The molecule has 0 fully saturated rings. The number of nitrogens with one attached hydrogen (secondary N) is 1. The Balaban J connectivity index is 2.43. The third-order valence-electron chi connectivity index (χ3n) is 2.20. The predicted octanol–water partition coefficient (Wildman–Crippen LogP) is 2.19. The van der Waals surface area contributed by atoms with Gasteiger partial charge < -0.3 is 19.7 Å². The highest BCUT2D eigenvalue weighted by molar-refractivity contribution is 7.98. The Morgan fingerprint density at radius 3 is 2.67 bits per heavy atom. The van der Waals surface area contributed by atoms with Crippen LogP contribution in [0, 0.1) is 6.92 Å². The van der Waals surface area contributed by atoms with E-state index in [1.54, 1.807) is 33.8 Å². The number of nitrogens with zero attached hydrogens (tertiary/aromatic N) is 1. The first kappa shape index (κ1) is 17.4. The Hall–Kier alpha value is -1.70. The third-order valence-corrected chi connectivity index (χ3v) is 3.27. The lowest BCUT2D eigenvalue weighted by Crippen LogP contribution is -2.44. The summed E-state index contributed by atoms with van der Waals surface area (Å²) in [5.41, 5.74) is 0.0670. The monoisotopic (exact) mass is 316 g/mol. The highest BCUT2D eigenvalue weighted by atomic mass is 32.2. The lowest BCUT2D eigenvalue weighted by Gasteiger charge is -2.21. The number of aryl methyl sites for hydroxylation is 1. The molecular formula is C13H20N2O5S. The van der Waals surface area contributed by atoms with Gasteiger partial charge in [-0.2, -0.15) is 11.8 Å². The minimum absolute atomic E-state index is 0.209. The molecule has 8 heteroatoms. The van der Waals surface area contributed by atoms with Gasteiger partial charge in [0, 0.05) is 17.6 Å². The highest BCUT2D eigenvalue weighted by Crippen LogP contribution is 2.14. The van der Waals surface area contributed by atoms with Crippen LogP contribution >= 0.6 is 11.8 Å². The number of carbonyl (C=O) groups excluding carboxylic acids is 1. The Morgan fingerprint density at radius 2 is 2.19 bits per heavy atom. The van der Waals surface area contributed by atoms with Gasteiger partial charge in [-0.3, -0.25) is 0 Å². The van der Waals surface area contributed by atoms with E-state index < -0.39 is 23.7 Å². The van der Waals surface area contributed by atoms with Crippen molar-refractivity contribution in [3.8, 4) is 0 Å². The molecule has 0 spiro atoms. The molecule has 1 amide bonds. The molecule has 1 atom stereocenters. The van der Waals surface area contributed by atoms with Gasteiger partial charge in [0.1, 0.15) is 17.4 Å². The van der Waals surface area contributed by atoms with E-state index in [4.69, 9.17) is 14.4 Å². The van der Waals surface area contributed by atoms with Crippen molar-refractivity contribution in [3.05, 3.63) is 17.5 Å². The van der Waals surface area contributed by atoms with E-state index in [0.29, 0.717) is 11.5 Å².